The van der Waals surface area contributed by atoms with Crippen LogP contribution in [0.2, 0.25) is 0 Å². The second-order valence-electron chi connectivity index (χ2n) is 4.78. The van der Waals surface area contributed by atoms with Crippen molar-refractivity contribution >= 4 is 11.9 Å². The topological polar surface area (TPSA) is 108 Å². The van der Waals surface area contributed by atoms with Crippen LogP contribution in [0.4, 0.5) is 0 Å². The maximum absolute atomic E-state index is 11.7. The first-order valence-corrected chi connectivity index (χ1v) is 6.59. The molecule has 7 heteroatoms. The molecule has 7 nitrogen and oxygen atoms in total. The predicted octanol–water partition coefficient (Wildman–Crippen LogP) is 1.06. The molecule has 0 spiro atoms. The lowest BCUT2D eigenvalue weighted by atomic mass is 10.2. The van der Waals surface area contributed by atoms with E-state index in [4.69, 9.17) is 5.11 Å². The van der Waals surface area contributed by atoms with Crippen molar-refractivity contribution in [1.29, 1.82) is 0 Å². The van der Waals surface area contributed by atoms with Crippen LogP contribution in [0.5, 0.6) is 0 Å². The summed E-state index contributed by atoms with van der Waals surface area (Å²) in [6.07, 6.45) is 4.59. The Bertz CT molecular complexity index is 454. The van der Waals surface area contributed by atoms with Crippen LogP contribution in [0.25, 0.3) is 0 Å². The van der Waals surface area contributed by atoms with E-state index in [2.05, 4.69) is 20.5 Å². The van der Waals surface area contributed by atoms with E-state index in [9.17, 15) is 9.59 Å². The van der Waals surface area contributed by atoms with Crippen molar-refractivity contribution in [3.8, 4) is 0 Å². The molecule has 2 rings (SSSR count). The molecule has 0 saturated heterocycles. The van der Waals surface area contributed by atoms with Gasteiger partial charge in [-0.05, 0) is 25.7 Å². The van der Waals surface area contributed by atoms with E-state index in [1.165, 1.54) is 0 Å². The SMILES string of the molecule is O=C(O)CCCCCNC(=O)c1n[nH]c(C2CC2)n1. The van der Waals surface area contributed by atoms with Crippen molar-refractivity contribution < 1.29 is 14.7 Å². The van der Waals surface area contributed by atoms with Crippen molar-refractivity contribution in [1.82, 2.24) is 20.5 Å². The maximum atomic E-state index is 11.7. The first kappa shape index (κ1) is 13.5. The molecular weight excluding hydrogens is 248 g/mol. The molecule has 1 aromatic heterocycles. The van der Waals surface area contributed by atoms with Gasteiger partial charge in [0, 0.05) is 18.9 Å². The summed E-state index contributed by atoms with van der Waals surface area (Å²) in [4.78, 5) is 26.1. The minimum atomic E-state index is -0.780. The Kier molecular flexibility index (Phi) is 4.48. The van der Waals surface area contributed by atoms with E-state index in [0.717, 1.165) is 31.5 Å². The number of nitrogens with one attached hydrogen (secondary N) is 2. The standard InChI is InChI=1S/C12H18N4O3/c17-9(18)4-2-1-3-7-13-12(19)11-14-10(15-16-11)8-5-6-8/h8H,1-7H2,(H,13,19)(H,17,18)(H,14,15,16). The summed E-state index contributed by atoms with van der Waals surface area (Å²) < 4.78 is 0. The van der Waals surface area contributed by atoms with Crippen LogP contribution in [0.3, 0.4) is 0 Å². The van der Waals surface area contributed by atoms with Gasteiger partial charge in [-0.3, -0.25) is 14.7 Å². The van der Waals surface area contributed by atoms with Gasteiger partial charge in [0.25, 0.3) is 5.91 Å². The van der Waals surface area contributed by atoms with Gasteiger partial charge in [0.05, 0.1) is 0 Å². The molecule has 1 heterocycles. The Hall–Kier alpha value is -1.92. The molecule has 0 atom stereocenters. The number of carboxylic acid groups (broad SMARTS) is 1. The lowest BCUT2D eigenvalue weighted by Gasteiger charge is -2.01. The van der Waals surface area contributed by atoms with Crippen LogP contribution >= 0.6 is 0 Å². The number of aromatic amines is 1. The summed E-state index contributed by atoms with van der Waals surface area (Å²) in [5.74, 6) is 0.378. The molecule has 1 fully saturated rings. The Morgan fingerprint density at radius 3 is 2.79 bits per heavy atom. The first-order valence-electron chi connectivity index (χ1n) is 6.59. The van der Waals surface area contributed by atoms with Crippen LogP contribution in [0.1, 0.15) is 60.9 Å². The van der Waals surface area contributed by atoms with Crippen molar-refractivity contribution in [3.05, 3.63) is 11.6 Å². The van der Waals surface area contributed by atoms with Crippen molar-refractivity contribution in [2.24, 2.45) is 0 Å². The number of aromatic nitrogens is 3. The molecule has 0 unspecified atom stereocenters. The van der Waals surface area contributed by atoms with Crippen LogP contribution in [0, 0.1) is 0 Å². The van der Waals surface area contributed by atoms with E-state index < -0.39 is 5.97 Å². The number of nitrogens with zero attached hydrogens (tertiary/aromatic N) is 2. The van der Waals surface area contributed by atoms with Crippen molar-refractivity contribution in [2.75, 3.05) is 6.54 Å². The Balaban J connectivity index is 1.62. The van der Waals surface area contributed by atoms with Gasteiger partial charge in [0.15, 0.2) is 0 Å². The molecule has 1 aromatic rings. The predicted molar refractivity (Wildman–Crippen MR) is 66.8 cm³/mol. The number of carboxylic acids is 1. The van der Waals surface area contributed by atoms with Gasteiger partial charge in [-0.25, -0.2) is 4.98 Å². The molecular formula is C12H18N4O3. The van der Waals surface area contributed by atoms with E-state index in [1.54, 1.807) is 0 Å². The fraction of sp³-hybridized carbons (Fsp3) is 0.667. The second kappa shape index (κ2) is 6.31. The summed E-state index contributed by atoms with van der Waals surface area (Å²) in [7, 11) is 0. The van der Waals surface area contributed by atoms with Gasteiger partial charge in [-0.15, -0.1) is 5.10 Å². The summed E-state index contributed by atoms with van der Waals surface area (Å²) in [6, 6.07) is 0. The Morgan fingerprint density at radius 2 is 2.11 bits per heavy atom. The summed E-state index contributed by atoms with van der Waals surface area (Å²) in [5.41, 5.74) is 0. The van der Waals surface area contributed by atoms with E-state index in [0.29, 0.717) is 18.9 Å². The normalized spacial score (nSPS) is 14.3. The highest BCUT2D eigenvalue weighted by Crippen LogP contribution is 2.37. The van der Waals surface area contributed by atoms with Crippen LogP contribution < -0.4 is 5.32 Å². The minimum absolute atomic E-state index is 0.180. The van der Waals surface area contributed by atoms with Crippen LogP contribution in [-0.4, -0.2) is 38.7 Å². The number of H-pyrrole nitrogens is 1. The number of amides is 1. The average molecular weight is 266 g/mol. The number of carbonyl (C=O) groups excluding carboxylic acids is 1. The Labute approximate surface area is 110 Å². The molecule has 1 saturated carbocycles. The van der Waals surface area contributed by atoms with Gasteiger partial charge >= 0.3 is 5.97 Å². The van der Waals surface area contributed by atoms with Gasteiger partial charge in [0.2, 0.25) is 5.82 Å². The monoisotopic (exact) mass is 266 g/mol. The van der Waals surface area contributed by atoms with Crippen molar-refractivity contribution in [3.63, 3.8) is 0 Å². The number of carbonyl (C=O) groups is 2. The fourth-order valence-corrected chi connectivity index (χ4v) is 1.77. The lowest BCUT2D eigenvalue weighted by Crippen LogP contribution is -2.25. The lowest BCUT2D eigenvalue weighted by molar-refractivity contribution is -0.137. The highest BCUT2D eigenvalue weighted by atomic mass is 16.4. The third kappa shape index (κ3) is 4.35. The Morgan fingerprint density at radius 1 is 1.32 bits per heavy atom. The molecule has 1 amide bonds. The quantitative estimate of drug-likeness (QED) is 0.610. The third-order valence-electron chi connectivity index (χ3n) is 3.02. The largest absolute Gasteiger partial charge is 0.481 e. The van der Waals surface area contributed by atoms with E-state index >= 15 is 0 Å². The number of unbranched alkanes of at least 4 members (excludes halogenated alkanes) is 2. The molecule has 19 heavy (non-hydrogen) atoms. The molecule has 0 aliphatic heterocycles. The zero-order chi connectivity index (χ0) is 13.7. The zero-order valence-corrected chi connectivity index (χ0v) is 10.7. The summed E-state index contributed by atoms with van der Waals surface area (Å²) >= 11 is 0. The maximum Gasteiger partial charge on any atom is 0.303 e. The zero-order valence-electron chi connectivity index (χ0n) is 10.7. The van der Waals surface area contributed by atoms with Gasteiger partial charge in [0.1, 0.15) is 5.82 Å². The second-order valence-corrected chi connectivity index (χ2v) is 4.78. The number of aliphatic carboxylic acids is 1. The van der Waals surface area contributed by atoms with Crippen LogP contribution in [-0.2, 0) is 4.79 Å². The fourth-order valence-electron chi connectivity index (χ4n) is 1.77. The average Bonchev–Trinajstić information content (AvgIpc) is 3.11. The number of hydrogen-bond acceptors (Lipinski definition) is 4. The molecule has 0 bridgehead atoms. The highest BCUT2D eigenvalue weighted by molar-refractivity contribution is 5.90. The summed E-state index contributed by atoms with van der Waals surface area (Å²) in [5, 5.41) is 17.9. The molecule has 3 N–H and O–H groups in total. The van der Waals surface area contributed by atoms with E-state index in [-0.39, 0.29) is 18.2 Å². The van der Waals surface area contributed by atoms with Gasteiger partial charge < -0.3 is 10.4 Å². The minimum Gasteiger partial charge on any atom is -0.481 e. The van der Waals surface area contributed by atoms with Crippen LogP contribution in [0.15, 0.2) is 0 Å². The molecule has 104 valence electrons. The van der Waals surface area contributed by atoms with Gasteiger partial charge in [-0.1, -0.05) is 6.42 Å². The smallest absolute Gasteiger partial charge is 0.303 e. The molecule has 1 aliphatic carbocycles. The van der Waals surface area contributed by atoms with E-state index in [1.807, 2.05) is 0 Å². The third-order valence-corrected chi connectivity index (χ3v) is 3.02. The number of rotatable bonds is 8. The molecule has 0 radical (unpaired) electrons. The number of hydrogen-bond donors (Lipinski definition) is 3. The van der Waals surface area contributed by atoms with Gasteiger partial charge in [-0.2, -0.15) is 0 Å². The highest BCUT2D eigenvalue weighted by Gasteiger charge is 2.28. The first-order chi connectivity index (χ1) is 9.16. The van der Waals surface area contributed by atoms with Crippen molar-refractivity contribution in [2.45, 2.75) is 44.4 Å². The molecule has 0 aromatic carbocycles. The molecule has 1 aliphatic rings. The summed E-state index contributed by atoms with van der Waals surface area (Å²) in [6.45, 7) is 0.520.